The Balaban J connectivity index is 1.92. The number of rotatable bonds is 3. The molecule has 12 heavy (non-hydrogen) atoms. The first-order chi connectivity index (χ1) is 5.84. The first-order valence-electron chi connectivity index (χ1n) is 3.96. The zero-order chi connectivity index (χ0) is 8.39. The molecule has 1 aromatic rings. The average Bonchev–Trinajstić information content (AvgIpc) is 2.84. The molecule has 0 atom stereocenters. The summed E-state index contributed by atoms with van der Waals surface area (Å²) in [7, 11) is 0. The molecule has 4 heteroatoms. The Morgan fingerprint density at radius 1 is 1.58 bits per heavy atom. The Kier molecular flexibility index (Phi) is 2.26. The topological polar surface area (TPSA) is 35.0 Å². The molecule has 1 fully saturated rings. The number of hydrogen-bond donors (Lipinski definition) is 0. The minimum atomic E-state index is 0.579. The van der Waals surface area contributed by atoms with E-state index in [9.17, 15) is 0 Å². The van der Waals surface area contributed by atoms with Crippen LogP contribution in [0.5, 0.6) is 5.88 Å². The molecule has 2 rings (SSSR count). The lowest BCUT2D eigenvalue weighted by Crippen LogP contribution is -2.00. The van der Waals surface area contributed by atoms with E-state index in [1.165, 1.54) is 12.8 Å². The molecule has 0 unspecified atom stereocenters. The van der Waals surface area contributed by atoms with Crippen molar-refractivity contribution in [3.63, 3.8) is 0 Å². The molecule has 1 aliphatic carbocycles. The van der Waals surface area contributed by atoms with Gasteiger partial charge in [-0.2, -0.15) is 4.98 Å². The number of nitrogens with zero attached hydrogens (tertiary/aromatic N) is 2. The SMILES string of the molecule is Brc1nccc(OCC2CC2)n1. The van der Waals surface area contributed by atoms with Crippen molar-refractivity contribution >= 4 is 15.9 Å². The Bertz CT molecular complexity index is 276. The molecule has 1 heterocycles. The van der Waals surface area contributed by atoms with Gasteiger partial charge in [0.15, 0.2) is 4.73 Å². The van der Waals surface area contributed by atoms with Gasteiger partial charge in [0.25, 0.3) is 0 Å². The van der Waals surface area contributed by atoms with Crippen molar-refractivity contribution in [1.82, 2.24) is 9.97 Å². The second-order valence-electron chi connectivity index (χ2n) is 2.92. The fraction of sp³-hybridized carbons (Fsp3) is 0.500. The van der Waals surface area contributed by atoms with Gasteiger partial charge in [-0.1, -0.05) is 0 Å². The molecule has 0 spiro atoms. The zero-order valence-corrected chi connectivity index (χ0v) is 8.12. The Labute approximate surface area is 79.3 Å². The normalized spacial score (nSPS) is 16.1. The van der Waals surface area contributed by atoms with Crippen LogP contribution in [0.4, 0.5) is 0 Å². The van der Waals surface area contributed by atoms with E-state index in [0.29, 0.717) is 10.6 Å². The molecule has 0 aromatic carbocycles. The van der Waals surface area contributed by atoms with E-state index in [1.807, 2.05) is 0 Å². The van der Waals surface area contributed by atoms with Crippen LogP contribution in [0.25, 0.3) is 0 Å². The summed E-state index contributed by atoms with van der Waals surface area (Å²) in [6.07, 6.45) is 4.28. The summed E-state index contributed by atoms with van der Waals surface area (Å²) in [5.74, 6) is 1.42. The van der Waals surface area contributed by atoms with Crippen LogP contribution < -0.4 is 4.74 Å². The maximum absolute atomic E-state index is 5.43. The van der Waals surface area contributed by atoms with Crippen molar-refractivity contribution in [2.75, 3.05) is 6.61 Å². The molecule has 64 valence electrons. The van der Waals surface area contributed by atoms with Gasteiger partial charge in [0.1, 0.15) is 0 Å². The molecule has 0 radical (unpaired) electrons. The second kappa shape index (κ2) is 3.39. The van der Waals surface area contributed by atoms with E-state index < -0.39 is 0 Å². The predicted octanol–water partition coefficient (Wildman–Crippen LogP) is 2.03. The van der Waals surface area contributed by atoms with Crippen molar-refractivity contribution in [1.29, 1.82) is 0 Å². The Morgan fingerprint density at radius 2 is 2.42 bits per heavy atom. The summed E-state index contributed by atoms with van der Waals surface area (Å²) < 4.78 is 6.01. The quantitative estimate of drug-likeness (QED) is 0.743. The van der Waals surface area contributed by atoms with Crippen molar-refractivity contribution in [2.45, 2.75) is 12.8 Å². The van der Waals surface area contributed by atoms with Crippen LogP contribution >= 0.6 is 15.9 Å². The highest BCUT2D eigenvalue weighted by Gasteiger charge is 2.22. The minimum Gasteiger partial charge on any atom is -0.477 e. The summed E-state index contributed by atoms with van der Waals surface area (Å²) in [5, 5.41) is 0. The van der Waals surface area contributed by atoms with E-state index in [0.717, 1.165) is 12.5 Å². The van der Waals surface area contributed by atoms with Gasteiger partial charge in [0, 0.05) is 12.3 Å². The Hall–Kier alpha value is -0.640. The molecule has 1 aliphatic rings. The number of aromatic nitrogens is 2. The summed E-state index contributed by atoms with van der Waals surface area (Å²) in [6.45, 7) is 0.795. The number of ether oxygens (including phenoxy) is 1. The molecule has 0 amide bonds. The maximum Gasteiger partial charge on any atom is 0.217 e. The predicted molar refractivity (Wildman–Crippen MR) is 48.0 cm³/mol. The summed E-state index contributed by atoms with van der Waals surface area (Å²) in [5.41, 5.74) is 0. The van der Waals surface area contributed by atoms with E-state index >= 15 is 0 Å². The third-order valence-corrected chi connectivity index (χ3v) is 2.15. The highest BCUT2D eigenvalue weighted by molar-refractivity contribution is 9.10. The van der Waals surface area contributed by atoms with Gasteiger partial charge in [-0.15, -0.1) is 0 Å². The molecule has 0 N–H and O–H groups in total. The fourth-order valence-corrected chi connectivity index (χ4v) is 1.18. The third kappa shape index (κ3) is 2.17. The van der Waals surface area contributed by atoms with E-state index in [2.05, 4.69) is 25.9 Å². The second-order valence-corrected chi connectivity index (χ2v) is 3.63. The molecule has 1 saturated carbocycles. The average molecular weight is 229 g/mol. The molecular formula is C8H9BrN2O. The highest BCUT2D eigenvalue weighted by atomic mass is 79.9. The van der Waals surface area contributed by atoms with Crippen molar-refractivity contribution in [2.24, 2.45) is 5.92 Å². The lowest BCUT2D eigenvalue weighted by atomic mass is 10.5. The van der Waals surface area contributed by atoms with Gasteiger partial charge in [-0.3, -0.25) is 0 Å². The lowest BCUT2D eigenvalue weighted by Gasteiger charge is -2.02. The monoisotopic (exact) mass is 228 g/mol. The smallest absolute Gasteiger partial charge is 0.217 e. The fourth-order valence-electron chi connectivity index (χ4n) is 0.888. The van der Waals surface area contributed by atoms with Gasteiger partial charge in [0.05, 0.1) is 6.61 Å². The highest BCUT2D eigenvalue weighted by Crippen LogP contribution is 2.29. The van der Waals surface area contributed by atoms with Crippen molar-refractivity contribution in [3.8, 4) is 5.88 Å². The summed E-state index contributed by atoms with van der Waals surface area (Å²) in [4.78, 5) is 7.96. The third-order valence-electron chi connectivity index (χ3n) is 1.76. The van der Waals surface area contributed by atoms with Crippen molar-refractivity contribution in [3.05, 3.63) is 17.0 Å². The van der Waals surface area contributed by atoms with Crippen LogP contribution in [0.3, 0.4) is 0 Å². The molecule has 3 nitrogen and oxygen atoms in total. The minimum absolute atomic E-state index is 0.579. The number of halogens is 1. The first kappa shape index (κ1) is 7.98. The van der Waals surface area contributed by atoms with E-state index in [4.69, 9.17) is 4.74 Å². The molecule has 0 bridgehead atoms. The molecule has 0 aliphatic heterocycles. The van der Waals surface area contributed by atoms with Crippen LogP contribution in [-0.2, 0) is 0 Å². The molecule has 0 saturated heterocycles. The Morgan fingerprint density at radius 3 is 3.08 bits per heavy atom. The lowest BCUT2D eigenvalue weighted by molar-refractivity contribution is 0.287. The van der Waals surface area contributed by atoms with Crippen molar-refractivity contribution < 1.29 is 4.74 Å². The van der Waals surface area contributed by atoms with Crippen LogP contribution in [-0.4, -0.2) is 16.6 Å². The van der Waals surface area contributed by atoms with E-state index in [-0.39, 0.29) is 0 Å². The van der Waals surface area contributed by atoms with Gasteiger partial charge in [-0.05, 0) is 34.7 Å². The van der Waals surface area contributed by atoms with Gasteiger partial charge >= 0.3 is 0 Å². The van der Waals surface area contributed by atoms with Crippen LogP contribution in [0, 0.1) is 5.92 Å². The molecular weight excluding hydrogens is 220 g/mol. The van der Waals surface area contributed by atoms with Crippen LogP contribution in [0.15, 0.2) is 17.0 Å². The van der Waals surface area contributed by atoms with Crippen LogP contribution in [0.2, 0.25) is 0 Å². The van der Waals surface area contributed by atoms with E-state index in [1.54, 1.807) is 12.3 Å². The maximum atomic E-state index is 5.43. The summed E-state index contributed by atoms with van der Waals surface area (Å²) in [6, 6.07) is 1.77. The van der Waals surface area contributed by atoms with Gasteiger partial charge < -0.3 is 4.74 Å². The summed E-state index contributed by atoms with van der Waals surface area (Å²) >= 11 is 3.18. The standard InChI is InChI=1S/C8H9BrN2O/c9-8-10-4-3-7(11-8)12-5-6-1-2-6/h3-4,6H,1-2,5H2. The first-order valence-corrected chi connectivity index (χ1v) is 4.75. The largest absolute Gasteiger partial charge is 0.477 e. The van der Waals surface area contributed by atoms with Gasteiger partial charge in [0.2, 0.25) is 5.88 Å². The van der Waals surface area contributed by atoms with Crippen LogP contribution in [0.1, 0.15) is 12.8 Å². The zero-order valence-electron chi connectivity index (χ0n) is 6.53. The number of hydrogen-bond acceptors (Lipinski definition) is 3. The molecule has 1 aromatic heterocycles. The van der Waals surface area contributed by atoms with Gasteiger partial charge in [-0.25, -0.2) is 4.98 Å².